The van der Waals surface area contributed by atoms with Gasteiger partial charge in [-0.1, -0.05) is 32.1 Å². The number of aliphatic carboxylic acids is 1. The second-order valence-electron chi connectivity index (χ2n) is 4.68. The Bertz CT molecular complexity index is 241. The number of aliphatic hydroxyl groups excluding tert-OH is 1. The Labute approximate surface area is 109 Å². The maximum atomic E-state index is 11.2. The number of carboxylic acids is 1. The van der Waals surface area contributed by atoms with Gasteiger partial charge in [-0.05, 0) is 19.8 Å². The van der Waals surface area contributed by atoms with Crippen LogP contribution >= 0.6 is 0 Å². The molecule has 0 saturated heterocycles. The number of carbonyl (C=O) groups excluding carboxylic acids is 1. The molecule has 5 nitrogen and oxygen atoms in total. The van der Waals surface area contributed by atoms with Crippen molar-refractivity contribution in [2.45, 2.75) is 64.4 Å². The second-order valence-corrected chi connectivity index (χ2v) is 4.68. The van der Waals surface area contributed by atoms with Gasteiger partial charge in [-0.2, -0.15) is 0 Å². The van der Waals surface area contributed by atoms with E-state index in [0.717, 1.165) is 44.9 Å². The fraction of sp³-hybridized carbons (Fsp3) is 0.846. The van der Waals surface area contributed by atoms with Gasteiger partial charge in [0.05, 0.1) is 6.10 Å². The average Bonchev–Trinajstić information content (AvgIpc) is 2.29. The van der Waals surface area contributed by atoms with Crippen molar-refractivity contribution in [2.24, 2.45) is 0 Å². The first-order valence-electron chi connectivity index (χ1n) is 6.69. The highest BCUT2D eigenvalue weighted by Crippen LogP contribution is 2.09. The second kappa shape index (κ2) is 11.0. The number of aliphatic hydroxyl groups is 1. The Morgan fingerprint density at radius 3 is 2.17 bits per heavy atom. The predicted octanol–water partition coefficient (Wildman–Crippen LogP) is 1.69. The van der Waals surface area contributed by atoms with Crippen molar-refractivity contribution in [3.63, 3.8) is 0 Å². The minimum atomic E-state index is -1.01. The van der Waals surface area contributed by atoms with E-state index < -0.39 is 5.97 Å². The molecule has 0 bridgehead atoms. The molecule has 1 amide bonds. The molecule has 106 valence electrons. The number of carboxylic acid groups (broad SMARTS) is 1. The number of hydrogen-bond donors (Lipinski definition) is 3. The van der Waals surface area contributed by atoms with E-state index in [1.165, 1.54) is 0 Å². The van der Waals surface area contributed by atoms with Crippen LogP contribution in [0.4, 0.5) is 0 Å². The molecule has 3 N–H and O–H groups in total. The Kier molecular flexibility index (Phi) is 10.3. The third-order valence-electron chi connectivity index (χ3n) is 2.71. The monoisotopic (exact) mass is 259 g/mol. The SMILES string of the molecule is CC(O)CCCCCCCCC(=O)NCC(=O)O. The van der Waals surface area contributed by atoms with Crippen LogP contribution in [0.3, 0.4) is 0 Å². The molecule has 0 aliphatic heterocycles. The fourth-order valence-corrected chi connectivity index (χ4v) is 1.69. The van der Waals surface area contributed by atoms with Crippen LogP contribution in [0, 0.1) is 0 Å². The number of rotatable bonds is 11. The maximum absolute atomic E-state index is 11.2. The van der Waals surface area contributed by atoms with E-state index in [-0.39, 0.29) is 18.6 Å². The standard InChI is InChI=1S/C13H25NO4/c1-11(15)8-6-4-2-3-5-7-9-12(16)14-10-13(17)18/h11,15H,2-10H2,1H3,(H,14,16)(H,17,18). The number of unbranched alkanes of at least 4 members (excludes halogenated alkanes) is 5. The third-order valence-corrected chi connectivity index (χ3v) is 2.71. The van der Waals surface area contributed by atoms with Crippen LogP contribution in [0.1, 0.15) is 58.3 Å². The zero-order valence-electron chi connectivity index (χ0n) is 11.2. The first-order valence-corrected chi connectivity index (χ1v) is 6.69. The predicted molar refractivity (Wildman–Crippen MR) is 69.3 cm³/mol. The van der Waals surface area contributed by atoms with Crippen molar-refractivity contribution in [1.29, 1.82) is 0 Å². The first kappa shape index (κ1) is 16.9. The number of hydrogen-bond acceptors (Lipinski definition) is 3. The van der Waals surface area contributed by atoms with Crippen LogP contribution in [0.2, 0.25) is 0 Å². The van der Waals surface area contributed by atoms with Gasteiger partial charge in [-0.3, -0.25) is 9.59 Å². The molecule has 0 saturated carbocycles. The smallest absolute Gasteiger partial charge is 0.322 e. The van der Waals surface area contributed by atoms with Gasteiger partial charge in [0.1, 0.15) is 6.54 Å². The van der Waals surface area contributed by atoms with Gasteiger partial charge in [-0.15, -0.1) is 0 Å². The summed E-state index contributed by atoms with van der Waals surface area (Å²) in [5, 5.41) is 19.8. The highest BCUT2D eigenvalue weighted by Gasteiger charge is 2.03. The topological polar surface area (TPSA) is 86.6 Å². The van der Waals surface area contributed by atoms with E-state index in [1.807, 2.05) is 0 Å². The van der Waals surface area contributed by atoms with E-state index in [1.54, 1.807) is 6.92 Å². The summed E-state index contributed by atoms with van der Waals surface area (Å²) >= 11 is 0. The lowest BCUT2D eigenvalue weighted by atomic mass is 10.1. The molecule has 0 aliphatic rings. The van der Waals surface area contributed by atoms with Gasteiger partial charge >= 0.3 is 5.97 Å². The summed E-state index contributed by atoms with van der Waals surface area (Å²) in [4.78, 5) is 21.4. The lowest BCUT2D eigenvalue weighted by molar-refractivity contribution is -0.137. The Morgan fingerprint density at radius 2 is 1.61 bits per heavy atom. The first-order chi connectivity index (χ1) is 8.52. The molecule has 1 unspecified atom stereocenters. The number of nitrogens with one attached hydrogen (secondary N) is 1. The summed E-state index contributed by atoms with van der Waals surface area (Å²) in [6, 6.07) is 0. The lowest BCUT2D eigenvalue weighted by Crippen LogP contribution is -2.28. The Morgan fingerprint density at radius 1 is 1.06 bits per heavy atom. The van der Waals surface area contributed by atoms with Gasteiger partial charge in [0.15, 0.2) is 0 Å². The van der Waals surface area contributed by atoms with E-state index in [2.05, 4.69) is 5.32 Å². The molecule has 0 spiro atoms. The minimum Gasteiger partial charge on any atom is -0.480 e. The molecule has 1 atom stereocenters. The van der Waals surface area contributed by atoms with Gasteiger partial charge < -0.3 is 15.5 Å². The maximum Gasteiger partial charge on any atom is 0.322 e. The zero-order valence-corrected chi connectivity index (χ0v) is 11.2. The molecule has 0 aromatic rings. The summed E-state index contributed by atoms with van der Waals surface area (Å²) in [7, 11) is 0. The molecule has 0 aliphatic carbocycles. The molecule has 0 radical (unpaired) electrons. The summed E-state index contributed by atoms with van der Waals surface area (Å²) in [5.41, 5.74) is 0. The van der Waals surface area contributed by atoms with Crippen molar-refractivity contribution in [3.05, 3.63) is 0 Å². The zero-order chi connectivity index (χ0) is 13.8. The van der Waals surface area contributed by atoms with Gasteiger partial charge in [0, 0.05) is 6.42 Å². The highest BCUT2D eigenvalue weighted by atomic mass is 16.4. The molecule has 5 heteroatoms. The van der Waals surface area contributed by atoms with Gasteiger partial charge in [-0.25, -0.2) is 0 Å². The fourth-order valence-electron chi connectivity index (χ4n) is 1.69. The third kappa shape index (κ3) is 13.0. The lowest BCUT2D eigenvalue weighted by Gasteiger charge is -2.04. The molecule has 0 aromatic heterocycles. The largest absolute Gasteiger partial charge is 0.480 e. The van der Waals surface area contributed by atoms with Crippen LogP contribution in [0.25, 0.3) is 0 Å². The van der Waals surface area contributed by atoms with Crippen LogP contribution < -0.4 is 5.32 Å². The molecular weight excluding hydrogens is 234 g/mol. The van der Waals surface area contributed by atoms with Crippen LogP contribution in [0.15, 0.2) is 0 Å². The normalized spacial score (nSPS) is 12.1. The van der Waals surface area contributed by atoms with Crippen LogP contribution in [-0.2, 0) is 9.59 Å². The van der Waals surface area contributed by atoms with Crippen molar-refractivity contribution in [2.75, 3.05) is 6.54 Å². The van der Waals surface area contributed by atoms with Crippen molar-refractivity contribution in [3.8, 4) is 0 Å². The molecule has 0 aromatic carbocycles. The quantitative estimate of drug-likeness (QED) is 0.493. The van der Waals surface area contributed by atoms with Crippen molar-refractivity contribution < 1.29 is 19.8 Å². The molecule has 0 rings (SSSR count). The number of amides is 1. The summed E-state index contributed by atoms with van der Waals surface area (Å²) in [6.07, 6.45) is 7.25. The van der Waals surface area contributed by atoms with Crippen LogP contribution in [-0.4, -0.2) is 34.7 Å². The average molecular weight is 259 g/mol. The summed E-state index contributed by atoms with van der Waals surface area (Å²) < 4.78 is 0. The van der Waals surface area contributed by atoms with Crippen molar-refractivity contribution >= 4 is 11.9 Å². The van der Waals surface area contributed by atoms with E-state index in [4.69, 9.17) is 10.2 Å². The molecule has 18 heavy (non-hydrogen) atoms. The molecule has 0 heterocycles. The van der Waals surface area contributed by atoms with Gasteiger partial charge in [0.2, 0.25) is 5.91 Å². The Hall–Kier alpha value is -1.10. The van der Waals surface area contributed by atoms with E-state index in [0.29, 0.717) is 6.42 Å². The minimum absolute atomic E-state index is 0.188. The summed E-state index contributed by atoms with van der Waals surface area (Å²) in [5.74, 6) is -1.20. The summed E-state index contributed by atoms with van der Waals surface area (Å²) in [6.45, 7) is 1.51. The Balaban J connectivity index is 3.20. The van der Waals surface area contributed by atoms with E-state index >= 15 is 0 Å². The van der Waals surface area contributed by atoms with Crippen molar-refractivity contribution in [1.82, 2.24) is 5.32 Å². The van der Waals surface area contributed by atoms with Gasteiger partial charge in [0.25, 0.3) is 0 Å². The highest BCUT2D eigenvalue weighted by molar-refractivity contribution is 5.80. The molecular formula is C13H25NO4. The van der Waals surface area contributed by atoms with E-state index in [9.17, 15) is 9.59 Å². The number of carbonyl (C=O) groups is 2. The molecule has 0 fully saturated rings. The van der Waals surface area contributed by atoms with Crippen LogP contribution in [0.5, 0.6) is 0 Å².